The van der Waals surface area contributed by atoms with Crippen molar-refractivity contribution in [3.05, 3.63) is 108 Å². The molecule has 2 aliphatic heterocycles. The summed E-state index contributed by atoms with van der Waals surface area (Å²) in [5, 5.41) is 11.9. The molecule has 236 valence electrons. The summed E-state index contributed by atoms with van der Waals surface area (Å²) in [5.74, 6) is 0.451. The maximum atomic E-state index is 13.7. The molecule has 2 fully saturated rings. The smallest absolute Gasteiger partial charge is 0.332 e. The molecule has 2 saturated heterocycles. The van der Waals surface area contributed by atoms with Crippen molar-refractivity contribution < 1.29 is 33.6 Å². The van der Waals surface area contributed by atoms with Gasteiger partial charge >= 0.3 is 5.97 Å². The van der Waals surface area contributed by atoms with Gasteiger partial charge in [0.25, 0.3) is 0 Å². The van der Waals surface area contributed by atoms with Crippen molar-refractivity contribution in [3.8, 4) is 0 Å². The summed E-state index contributed by atoms with van der Waals surface area (Å²) in [6.45, 7) is 4.72. The summed E-state index contributed by atoms with van der Waals surface area (Å²) in [7, 11) is 0. The molecular formula is C35H42O7S2. The predicted molar refractivity (Wildman–Crippen MR) is 174 cm³/mol. The minimum atomic E-state index is -1.07. The van der Waals surface area contributed by atoms with Crippen LogP contribution in [0.2, 0.25) is 0 Å². The lowest BCUT2D eigenvalue weighted by Crippen LogP contribution is -2.49. The molecule has 3 aromatic rings. The Morgan fingerprint density at radius 1 is 0.841 bits per heavy atom. The maximum absolute atomic E-state index is 13.7. The molecule has 2 aliphatic rings. The van der Waals surface area contributed by atoms with Crippen LogP contribution < -0.4 is 0 Å². The molecule has 2 heterocycles. The van der Waals surface area contributed by atoms with Gasteiger partial charge in [-0.1, -0.05) is 91.0 Å². The van der Waals surface area contributed by atoms with Crippen LogP contribution in [-0.4, -0.2) is 63.5 Å². The Hall–Kier alpha value is -2.37. The van der Waals surface area contributed by atoms with E-state index in [1.165, 1.54) is 0 Å². The van der Waals surface area contributed by atoms with Gasteiger partial charge in [-0.05, 0) is 48.5 Å². The number of hydrogen-bond acceptors (Lipinski definition) is 9. The Labute approximate surface area is 269 Å². The van der Waals surface area contributed by atoms with Crippen LogP contribution in [0.5, 0.6) is 0 Å². The van der Waals surface area contributed by atoms with Crippen LogP contribution >= 0.6 is 23.5 Å². The first-order valence-corrected chi connectivity index (χ1v) is 17.1. The Balaban J connectivity index is 1.31. The van der Waals surface area contributed by atoms with E-state index in [1.54, 1.807) is 23.5 Å². The molecule has 0 aliphatic carbocycles. The predicted octanol–water partition coefficient (Wildman–Crippen LogP) is 6.37. The molecule has 5 rings (SSSR count). The molecule has 7 nitrogen and oxygen atoms in total. The second kappa shape index (κ2) is 15.8. The lowest BCUT2D eigenvalue weighted by Gasteiger charge is -2.37. The van der Waals surface area contributed by atoms with Crippen LogP contribution in [0.4, 0.5) is 0 Å². The fourth-order valence-corrected chi connectivity index (χ4v) is 8.57. The van der Waals surface area contributed by atoms with E-state index in [-0.39, 0.29) is 19.2 Å². The van der Waals surface area contributed by atoms with Crippen molar-refractivity contribution >= 4 is 29.5 Å². The molecule has 44 heavy (non-hydrogen) atoms. The van der Waals surface area contributed by atoms with Crippen molar-refractivity contribution in [2.75, 3.05) is 18.1 Å². The number of esters is 1. The van der Waals surface area contributed by atoms with Crippen molar-refractivity contribution in [1.29, 1.82) is 0 Å². The quantitative estimate of drug-likeness (QED) is 0.203. The zero-order valence-electron chi connectivity index (χ0n) is 25.3. The van der Waals surface area contributed by atoms with E-state index in [0.717, 1.165) is 34.6 Å². The third kappa shape index (κ3) is 9.10. The van der Waals surface area contributed by atoms with Gasteiger partial charge in [-0.2, -0.15) is 0 Å². The van der Waals surface area contributed by atoms with Gasteiger partial charge in [0.05, 0.1) is 25.9 Å². The monoisotopic (exact) mass is 638 g/mol. The van der Waals surface area contributed by atoms with Gasteiger partial charge in [-0.25, -0.2) is 4.79 Å². The Morgan fingerprint density at radius 2 is 1.39 bits per heavy atom. The topological polar surface area (TPSA) is 83.5 Å². The normalized spacial score (nSPS) is 22.2. The lowest BCUT2D eigenvalue weighted by molar-refractivity contribution is -0.173. The minimum absolute atomic E-state index is 0.156. The molecule has 3 aromatic carbocycles. The first-order chi connectivity index (χ1) is 21.3. The largest absolute Gasteiger partial charge is 0.459 e. The summed E-state index contributed by atoms with van der Waals surface area (Å²) in [6.07, 6.45) is -1.74. The highest BCUT2D eigenvalue weighted by Gasteiger charge is 2.53. The maximum Gasteiger partial charge on any atom is 0.332 e. The molecule has 0 amide bonds. The Bertz CT molecular complexity index is 1290. The number of thioether (sulfide) groups is 2. The first-order valence-electron chi connectivity index (χ1n) is 15.1. The summed E-state index contributed by atoms with van der Waals surface area (Å²) in [4.78, 5) is 13.7. The van der Waals surface area contributed by atoms with Crippen molar-refractivity contribution in [3.63, 3.8) is 0 Å². The first kappa shape index (κ1) is 33.0. The third-order valence-electron chi connectivity index (χ3n) is 7.59. The number of carbonyl (C=O) groups excluding carboxylic acids is 1. The fraction of sp³-hybridized carbons (Fsp3) is 0.457. The van der Waals surface area contributed by atoms with Crippen LogP contribution in [0.1, 0.15) is 43.4 Å². The zero-order chi connectivity index (χ0) is 30.8. The number of aliphatic hydroxyl groups is 1. The highest BCUT2D eigenvalue weighted by molar-refractivity contribution is 8.19. The van der Waals surface area contributed by atoms with E-state index in [1.807, 2.05) is 105 Å². The molecule has 4 unspecified atom stereocenters. The number of aliphatic hydroxyl groups excluding tert-OH is 1. The van der Waals surface area contributed by atoms with Crippen molar-refractivity contribution in [1.82, 2.24) is 0 Å². The van der Waals surface area contributed by atoms with E-state index >= 15 is 0 Å². The van der Waals surface area contributed by atoms with Crippen LogP contribution in [0.3, 0.4) is 0 Å². The van der Waals surface area contributed by atoms with Crippen molar-refractivity contribution in [2.24, 2.45) is 0 Å². The molecule has 0 radical (unpaired) electrons. The van der Waals surface area contributed by atoms with Gasteiger partial charge in [0.2, 0.25) is 0 Å². The van der Waals surface area contributed by atoms with Gasteiger partial charge in [-0.15, -0.1) is 23.5 Å². The number of hydrogen-bond donors (Lipinski definition) is 1. The highest BCUT2D eigenvalue weighted by atomic mass is 32.2. The Morgan fingerprint density at radius 3 is 1.98 bits per heavy atom. The van der Waals surface area contributed by atoms with Gasteiger partial charge in [-0.3, -0.25) is 0 Å². The van der Waals surface area contributed by atoms with Crippen LogP contribution in [0.15, 0.2) is 91.0 Å². The second-order valence-electron chi connectivity index (χ2n) is 11.5. The molecule has 0 aromatic heterocycles. The molecular weight excluding hydrogens is 597 g/mol. The van der Waals surface area contributed by atoms with E-state index in [4.69, 9.17) is 23.7 Å². The summed E-state index contributed by atoms with van der Waals surface area (Å²) in [5.41, 5.74) is 2.96. The van der Waals surface area contributed by atoms with E-state index < -0.39 is 34.3 Å². The molecule has 4 atom stereocenters. The zero-order valence-corrected chi connectivity index (χ0v) is 27.0. The fourth-order valence-electron chi connectivity index (χ4n) is 5.40. The minimum Gasteiger partial charge on any atom is -0.459 e. The molecule has 0 bridgehead atoms. The van der Waals surface area contributed by atoms with Crippen LogP contribution in [0, 0.1) is 0 Å². The van der Waals surface area contributed by atoms with Crippen LogP contribution in [0.25, 0.3) is 0 Å². The number of rotatable bonds is 14. The van der Waals surface area contributed by atoms with Crippen LogP contribution in [-0.2, 0) is 48.3 Å². The molecule has 0 saturated carbocycles. The van der Waals surface area contributed by atoms with Gasteiger partial charge in [0, 0.05) is 6.42 Å². The highest BCUT2D eigenvalue weighted by Crippen LogP contribution is 2.49. The number of carbonyl (C=O) groups is 1. The number of ether oxygens (including phenoxy) is 5. The third-order valence-corrected chi connectivity index (χ3v) is 10.9. The standard InChI is InChI=1S/C35H42O7S2/c1-34(2)41-29(21-35(43-19-12-20-44-35)33(37)40-24-28-17-10-5-11-18-28)32(42-34)31(36)30(39-23-27-15-8-4-9-16-27)25-38-22-26-13-6-3-7-14-26/h3-11,13-18,29-32,36H,12,19-25H2,1-2H3. The second-order valence-corrected chi connectivity index (χ2v) is 14.6. The average molecular weight is 639 g/mol. The van der Waals surface area contributed by atoms with Gasteiger partial charge in [0.15, 0.2) is 9.87 Å². The molecule has 9 heteroatoms. The lowest BCUT2D eigenvalue weighted by atomic mass is 9.99. The molecule has 1 N–H and O–H groups in total. The summed E-state index contributed by atoms with van der Waals surface area (Å²) in [6, 6.07) is 29.4. The Kier molecular flexibility index (Phi) is 11.8. The SMILES string of the molecule is CC1(C)OC(CC2(C(=O)OCc3ccccc3)SCCCS2)C(C(O)C(COCc2ccccc2)OCc2ccccc2)O1. The summed E-state index contributed by atoms with van der Waals surface area (Å²) < 4.78 is 30.1. The van der Waals surface area contributed by atoms with Crippen molar-refractivity contribution in [2.45, 2.75) is 80.8 Å². The van der Waals surface area contributed by atoms with Gasteiger partial charge < -0.3 is 28.8 Å². The average Bonchev–Trinajstić information content (AvgIpc) is 3.36. The van der Waals surface area contributed by atoms with Gasteiger partial charge in [0.1, 0.15) is 24.9 Å². The number of benzene rings is 3. The van der Waals surface area contributed by atoms with E-state index in [9.17, 15) is 9.90 Å². The van der Waals surface area contributed by atoms with E-state index in [0.29, 0.717) is 19.6 Å². The molecule has 0 spiro atoms. The summed E-state index contributed by atoms with van der Waals surface area (Å²) >= 11 is 3.19. The van der Waals surface area contributed by atoms with E-state index in [2.05, 4.69) is 0 Å².